The van der Waals surface area contributed by atoms with Crippen LogP contribution in [0.15, 0.2) is 41.6 Å². The molecule has 142 valence electrons. The maximum absolute atomic E-state index is 12.2. The highest BCUT2D eigenvalue weighted by molar-refractivity contribution is 5.88. The number of ether oxygens (including phenoxy) is 1. The lowest BCUT2D eigenvalue weighted by atomic mass is 10.0. The van der Waals surface area contributed by atoms with Crippen LogP contribution in [0.3, 0.4) is 0 Å². The van der Waals surface area contributed by atoms with Crippen molar-refractivity contribution in [1.82, 2.24) is 24.5 Å². The molecule has 0 radical (unpaired) electrons. The van der Waals surface area contributed by atoms with E-state index in [1.165, 1.54) is 6.33 Å². The highest BCUT2D eigenvalue weighted by Gasteiger charge is 2.16. The summed E-state index contributed by atoms with van der Waals surface area (Å²) in [6, 6.07) is 7.01. The molecule has 0 aliphatic rings. The molecule has 0 bridgehead atoms. The van der Waals surface area contributed by atoms with Crippen LogP contribution < -0.4 is 10.3 Å². The van der Waals surface area contributed by atoms with E-state index in [1.807, 2.05) is 13.0 Å². The van der Waals surface area contributed by atoms with Gasteiger partial charge in [0.2, 0.25) is 0 Å². The number of imidazole rings is 1. The molecule has 3 aromatic heterocycles. The van der Waals surface area contributed by atoms with Gasteiger partial charge >= 0.3 is 5.97 Å². The molecule has 9 nitrogen and oxygen atoms in total. The van der Waals surface area contributed by atoms with Gasteiger partial charge in [-0.05, 0) is 30.7 Å². The van der Waals surface area contributed by atoms with E-state index in [0.717, 1.165) is 11.1 Å². The van der Waals surface area contributed by atoms with Gasteiger partial charge in [0, 0.05) is 18.8 Å². The number of rotatable bonds is 5. The minimum absolute atomic E-state index is 0.187. The molecule has 3 N–H and O–H groups in total. The molecule has 4 aromatic rings. The molecule has 1 aromatic carbocycles. The Kier molecular flexibility index (Phi) is 4.19. The summed E-state index contributed by atoms with van der Waals surface area (Å²) in [5.41, 5.74) is 2.64. The van der Waals surface area contributed by atoms with Crippen molar-refractivity contribution in [3.63, 3.8) is 0 Å². The number of aromatic carboxylic acids is 1. The Morgan fingerprint density at radius 1 is 1.29 bits per heavy atom. The van der Waals surface area contributed by atoms with Crippen LogP contribution in [0.4, 0.5) is 0 Å². The van der Waals surface area contributed by atoms with Crippen molar-refractivity contribution in [2.45, 2.75) is 6.92 Å². The molecule has 0 saturated heterocycles. The Balaban J connectivity index is 1.83. The van der Waals surface area contributed by atoms with Gasteiger partial charge in [-0.3, -0.25) is 4.79 Å². The molecule has 0 saturated carbocycles. The van der Waals surface area contributed by atoms with Gasteiger partial charge < -0.3 is 24.4 Å². The molecule has 0 aliphatic carbocycles. The molecule has 3 heterocycles. The topological polar surface area (TPSA) is 126 Å². The number of aryl methyl sites for hydroxylation is 1. The van der Waals surface area contributed by atoms with Crippen LogP contribution in [0.1, 0.15) is 17.4 Å². The van der Waals surface area contributed by atoms with E-state index in [-0.39, 0.29) is 11.3 Å². The summed E-state index contributed by atoms with van der Waals surface area (Å²) in [5.74, 6) is -0.123. The van der Waals surface area contributed by atoms with E-state index in [9.17, 15) is 14.7 Å². The molecule has 0 spiro atoms. The molecule has 0 unspecified atom stereocenters. The largest absolute Gasteiger partial charge is 0.493 e. The van der Waals surface area contributed by atoms with Gasteiger partial charge in [-0.25, -0.2) is 14.8 Å². The van der Waals surface area contributed by atoms with E-state index in [1.54, 1.807) is 36.0 Å². The highest BCUT2D eigenvalue weighted by Crippen LogP contribution is 2.33. The summed E-state index contributed by atoms with van der Waals surface area (Å²) in [6.45, 7) is 2.27. The summed E-state index contributed by atoms with van der Waals surface area (Å²) in [4.78, 5) is 37.5. The van der Waals surface area contributed by atoms with Crippen molar-refractivity contribution in [3.05, 3.63) is 52.8 Å². The zero-order valence-electron chi connectivity index (χ0n) is 15.2. The summed E-state index contributed by atoms with van der Waals surface area (Å²) >= 11 is 0. The van der Waals surface area contributed by atoms with Gasteiger partial charge in [0.05, 0.1) is 18.5 Å². The van der Waals surface area contributed by atoms with Crippen molar-refractivity contribution < 1.29 is 14.6 Å². The third kappa shape index (κ3) is 2.92. The van der Waals surface area contributed by atoms with E-state index >= 15 is 0 Å². The van der Waals surface area contributed by atoms with E-state index < -0.39 is 5.97 Å². The highest BCUT2D eigenvalue weighted by atomic mass is 16.5. The van der Waals surface area contributed by atoms with E-state index in [2.05, 4.69) is 19.9 Å². The molecule has 28 heavy (non-hydrogen) atoms. The first-order valence-corrected chi connectivity index (χ1v) is 8.58. The molecule has 9 heteroatoms. The lowest BCUT2D eigenvalue weighted by molar-refractivity contribution is 0.0686. The molecule has 0 atom stereocenters. The van der Waals surface area contributed by atoms with Crippen LogP contribution in [0.2, 0.25) is 0 Å². The fourth-order valence-electron chi connectivity index (χ4n) is 3.08. The van der Waals surface area contributed by atoms with Gasteiger partial charge in [0.1, 0.15) is 17.3 Å². The number of carboxylic acid groups (broad SMARTS) is 1. The van der Waals surface area contributed by atoms with Crippen molar-refractivity contribution in [1.29, 1.82) is 0 Å². The first kappa shape index (κ1) is 17.5. The molecular formula is C19H17N5O4. The second kappa shape index (κ2) is 6.69. The predicted octanol–water partition coefficient (Wildman–Crippen LogP) is 2.42. The third-order valence-corrected chi connectivity index (χ3v) is 4.39. The van der Waals surface area contributed by atoms with Gasteiger partial charge in [-0.2, -0.15) is 0 Å². The van der Waals surface area contributed by atoms with Gasteiger partial charge in [-0.1, -0.05) is 6.07 Å². The maximum atomic E-state index is 12.2. The van der Waals surface area contributed by atoms with Crippen molar-refractivity contribution in [2.75, 3.05) is 6.61 Å². The number of hydrogen-bond acceptors (Lipinski definition) is 5. The zero-order chi connectivity index (χ0) is 19.8. The number of aromatic amines is 2. The second-order valence-electron chi connectivity index (χ2n) is 6.19. The van der Waals surface area contributed by atoms with Crippen molar-refractivity contribution >= 4 is 17.1 Å². The van der Waals surface area contributed by atoms with Crippen molar-refractivity contribution in [2.24, 2.45) is 7.05 Å². The minimum atomic E-state index is -0.996. The first-order valence-electron chi connectivity index (χ1n) is 8.58. The Morgan fingerprint density at radius 3 is 2.82 bits per heavy atom. The number of benzene rings is 1. The standard InChI is InChI=1S/C19H17N5O4/c1-3-28-14-7-10(11-6-13(19(26)27)24(2)8-11)4-5-12(14)16-22-17-15(18(25)23-16)20-9-21-17/h4-9H,3H2,1-2H3,(H,26,27)(H2,20,21,22,23,25). The average molecular weight is 379 g/mol. The van der Waals surface area contributed by atoms with Crippen LogP contribution in [0, 0.1) is 0 Å². The average Bonchev–Trinajstić information content (AvgIpc) is 3.28. The minimum Gasteiger partial charge on any atom is -0.493 e. The number of nitrogens with one attached hydrogen (secondary N) is 2. The summed E-state index contributed by atoms with van der Waals surface area (Å²) in [7, 11) is 1.68. The lowest BCUT2D eigenvalue weighted by Crippen LogP contribution is -2.10. The Labute approximate surface area is 158 Å². The molecular weight excluding hydrogens is 362 g/mol. The molecule has 4 rings (SSSR count). The number of carbonyl (C=O) groups is 1. The van der Waals surface area contributed by atoms with Crippen LogP contribution in [0.5, 0.6) is 5.75 Å². The fourth-order valence-corrected chi connectivity index (χ4v) is 3.08. The van der Waals surface area contributed by atoms with Crippen molar-refractivity contribution in [3.8, 4) is 28.3 Å². The van der Waals surface area contributed by atoms with Crippen LogP contribution in [-0.4, -0.2) is 42.2 Å². The van der Waals surface area contributed by atoms with Gasteiger partial charge in [-0.15, -0.1) is 0 Å². The zero-order valence-corrected chi connectivity index (χ0v) is 15.2. The number of fused-ring (bicyclic) bond motifs is 1. The number of carboxylic acids is 1. The van der Waals surface area contributed by atoms with E-state index in [4.69, 9.17) is 4.74 Å². The number of hydrogen-bond donors (Lipinski definition) is 3. The molecule has 0 amide bonds. The molecule has 0 aliphatic heterocycles. The number of H-pyrrole nitrogens is 2. The summed E-state index contributed by atoms with van der Waals surface area (Å²) in [5, 5.41) is 9.26. The smallest absolute Gasteiger partial charge is 0.352 e. The lowest BCUT2D eigenvalue weighted by Gasteiger charge is -2.11. The van der Waals surface area contributed by atoms with E-state index in [0.29, 0.717) is 34.9 Å². The van der Waals surface area contributed by atoms with Crippen LogP contribution >= 0.6 is 0 Å². The monoisotopic (exact) mass is 379 g/mol. The summed E-state index contributed by atoms with van der Waals surface area (Å²) in [6.07, 6.45) is 3.16. The maximum Gasteiger partial charge on any atom is 0.352 e. The van der Waals surface area contributed by atoms with Gasteiger partial charge in [0.25, 0.3) is 5.56 Å². The Bertz CT molecular complexity index is 1250. The number of nitrogens with zero attached hydrogens (tertiary/aromatic N) is 3. The van der Waals surface area contributed by atoms with Crippen LogP contribution in [0.25, 0.3) is 33.7 Å². The quantitative estimate of drug-likeness (QED) is 0.489. The molecule has 0 fully saturated rings. The van der Waals surface area contributed by atoms with Crippen LogP contribution in [-0.2, 0) is 7.05 Å². The first-order chi connectivity index (χ1) is 13.5. The second-order valence-corrected chi connectivity index (χ2v) is 6.19. The third-order valence-electron chi connectivity index (χ3n) is 4.39. The fraction of sp³-hybridized carbons (Fsp3) is 0.158. The van der Waals surface area contributed by atoms with Gasteiger partial charge in [0.15, 0.2) is 11.2 Å². The SMILES string of the molecule is CCOc1cc(-c2cc(C(=O)O)n(C)c2)ccc1-c1nc2nc[nH]c2c(=O)[nH]1. The summed E-state index contributed by atoms with van der Waals surface area (Å²) < 4.78 is 7.31. The normalized spacial score (nSPS) is 11.1. The Morgan fingerprint density at radius 2 is 2.11 bits per heavy atom. The predicted molar refractivity (Wildman–Crippen MR) is 102 cm³/mol. The number of aromatic nitrogens is 5. The Hall–Kier alpha value is -3.88.